The first kappa shape index (κ1) is 21.0. The van der Waals surface area contributed by atoms with Crippen LogP contribution in [-0.2, 0) is 10.0 Å². The van der Waals surface area contributed by atoms with E-state index in [4.69, 9.17) is 11.6 Å². The molecule has 0 spiro atoms. The van der Waals surface area contributed by atoms with E-state index < -0.39 is 33.1 Å². The van der Waals surface area contributed by atoms with Gasteiger partial charge in [-0.2, -0.15) is 0 Å². The van der Waals surface area contributed by atoms with Crippen molar-refractivity contribution in [3.05, 3.63) is 83.1 Å². The zero-order chi connectivity index (χ0) is 22.3. The quantitative estimate of drug-likeness (QED) is 0.491. The van der Waals surface area contributed by atoms with E-state index in [1.807, 2.05) is 0 Å². The van der Waals surface area contributed by atoms with E-state index in [-0.39, 0.29) is 10.7 Å². The van der Waals surface area contributed by atoms with Crippen molar-refractivity contribution in [2.75, 3.05) is 6.26 Å². The van der Waals surface area contributed by atoms with Crippen LogP contribution in [0.5, 0.6) is 0 Å². The molecule has 0 bridgehead atoms. The van der Waals surface area contributed by atoms with E-state index in [0.717, 1.165) is 18.4 Å². The van der Waals surface area contributed by atoms with Gasteiger partial charge in [0.1, 0.15) is 17.3 Å². The highest BCUT2D eigenvalue weighted by Gasteiger charge is 2.21. The lowest BCUT2D eigenvalue weighted by Crippen LogP contribution is -2.30. The van der Waals surface area contributed by atoms with Gasteiger partial charge in [0, 0.05) is 29.4 Å². The number of fused-ring (bicyclic) bond motifs is 1. The van der Waals surface area contributed by atoms with Crippen LogP contribution in [-0.4, -0.2) is 30.1 Å². The van der Waals surface area contributed by atoms with Crippen molar-refractivity contribution in [1.29, 1.82) is 0 Å². The minimum Gasteiger partial charge on any atom is -0.299 e. The van der Waals surface area contributed by atoms with Crippen molar-refractivity contribution in [3.8, 4) is 16.8 Å². The third-order valence-electron chi connectivity index (χ3n) is 4.52. The molecule has 31 heavy (non-hydrogen) atoms. The minimum atomic E-state index is -3.88. The van der Waals surface area contributed by atoms with Crippen molar-refractivity contribution in [1.82, 2.24) is 14.3 Å². The van der Waals surface area contributed by atoms with Crippen molar-refractivity contribution in [2.24, 2.45) is 0 Å². The van der Waals surface area contributed by atoms with Crippen LogP contribution in [0.25, 0.3) is 27.8 Å². The Morgan fingerprint density at radius 1 is 1.13 bits per heavy atom. The molecule has 2 aromatic heterocycles. The van der Waals surface area contributed by atoms with E-state index in [0.29, 0.717) is 22.2 Å². The van der Waals surface area contributed by atoms with Gasteiger partial charge in [0.25, 0.3) is 5.91 Å². The average molecular weight is 462 g/mol. The average Bonchev–Trinajstić information content (AvgIpc) is 3.07. The Morgan fingerprint density at radius 2 is 1.90 bits per heavy atom. The van der Waals surface area contributed by atoms with E-state index >= 15 is 0 Å². The maximum absolute atomic E-state index is 14.7. The van der Waals surface area contributed by atoms with Crippen LogP contribution in [0.15, 0.2) is 60.9 Å². The third kappa shape index (κ3) is 4.14. The van der Waals surface area contributed by atoms with E-state index in [2.05, 4.69) is 4.98 Å². The van der Waals surface area contributed by atoms with Gasteiger partial charge < -0.3 is 0 Å². The number of aromatic nitrogens is 2. The molecule has 0 unspecified atom stereocenters. The Kier molecular flexibility index (Phi) is 5.24. The molecule has 6 nitrogen and oxygen atoms in total. The maximum atomic E-state index is 14.7. The van der Waals surface area contributed by atoms with Gasteiger partial charge in [-0.15, -0.1) is 0 Å². The molecule has 0 atom stereocenters. The highest BCUT2D eigenvalue weighted by atomic mass is 35.5. The van der Waals surface area contributed by atoms with E-state index in [1.165, 1.54) is 16.7 Å². The molecule has 0 radical (unpaired) electrons. The van der Waals surface area contributed by atoms with Crippen LogP contribution in [0.3, 0.4) is 0 Å². The third-order valence-corrected chi connectivity index (χ3v) is 5.38. The number of rotatable bonds is 4. The first-order chi connectivity index (χ1) is 14.6. The van der Waals surface area contributed by atoms with Gasteiger partial charge in [0.15, 0.2) is 0 Å². The lowest BCUT2D eigenvalue weighted by atomic mass is 10.1. The first-order valence-corrected chi connectivity index (χ1v) is 11.1. The maximum Gasteiger partial charge on any atom is 0.267 e. The summed E-state index contributed by atoms with van der Waals surface area (Å²) in [5.41, 5.74) is 1.35. The number of pyridine rings is 1. The molecule has 1 amide bonds. The topological polar surface area (TPSA) is 81.1 Å². The molecular formula is C21H14ClF2N3O3S. The Hall–Kier alpha value is -3.30. The Balaban J connectivity index is 1.88. The van der Waals surface area contributed by atoms with Gasteiger partial charge in [-0.25, -0.2) is 26.9 Å². The standard InChI is InChI=1S/C21H14ClF2N3O3S/c1-31(29,30)26-21(28)15-9-17(22)19(10-18(15)24)27-11-16(12-4-2-5-13(23)8-12)14-6-3-7-25-20(14)27/h2-11H,1H3,(H,26,28). The van der Waals surface area contributed by atoms with Crippen LogP contribution in [0.1, 0.15) is 10.4 Å². The van der Waals surface area contributed by atoms with Gasteiger partial charge in [-0.1, -0.05) is 23.7 Å². The fourth-order valence-electron chi connectivity index (χ4n) is 3.25. The minimum absolute atomic E-state index is 0.00611. The van der Waals surface area contributed by atoms with Crippen LogP contribution in [0.4, 0.5) is 8.78 Å². The fourth-order valence-corrected chi connectivity index (χ4v) is 3.95. The molecule has 0 saturated carbocycles. The zero-order valence-electron chi connectivity index (χ0n) is 15.9. The largest absolute Gasteiger partial charge is 0.299 e. The van der Waals surface area contributed by atoms with Crippen molar-refractivity contribution >= 4 is 38.6 Å². The van der Waals surface area contributed by atoms with E-state index in [9.17, 15) is 22.0 Å². The van der Waals surface area contributed by atoms with Crippen LogP contribution in [0.2, 0.25) is 5.02 Å². The molecule has 0 fully saturated rings. The lowest BCUT2D eigenvalue weighted by molar-refractivity contribution is 0.0978. The number of benzene rings is 2. The lowest BCUT2D eigenvalue weighted by Gasteiger charge is -2.10. The number of sulfonamides is 1. The number of amides is 1. The Morgan fingerprint density at radius 3 is 2.61 bits per heavy atom. The molecule has 2 aromatic carbocycles. The van der Waals surface area contributed by atoms with Gasteiger partial charge in [-0.05, 0) is 35.9 Å². The molecule has 1 N–H and O–H groups in total. The summed E-state index contributed by atoms with van der Waals surface area (Å²) in [5, 5.41) is 0.678. The highest BCUT2D eigenvalue weighted by Crippen LogP contribution is 2.34. The predicted octanol–water partition coefficient (Wildman–Crippen LogP) is 4.31. The summed E-state index contributed by atoms with van der Waals surface area (Å²) in [5.74, 6) is -2.51. The summed E-state index contributed by atoms with van der Waals surface area (Å²) in [6.07, 6.45) is 3.97. The summed E-state index contributed by atoms with van der Waals surface area (Å²) in [6, 6.07) is 11.6. The van der Waals surface area contributed by atoms with Crippen LogP contribution < -0.4 is 4.72 Å². The summed E-state index contributed by atoms with van der Waals surface area (Å²) < 4.78 is 54.3. The Bertz CT molecular complexity index is 1450. The van der Waals surface area contributed by atoms with Gasteiger partial charge >= 0.3 is 0 Å². The number of nitrogens with zero attached hydrogens (tertiary/aromatic N) is 2. The van der Waals surface area contributed by atoms with Gasteiger partial charge in [0.05, 0.1) is 22.5 Å². The molecule has 0 saturated heterocycles. The molecule has 0 aliphatic carbocycles. The second-order valence-corrected chi connectivity index (χ2v) is 8.94. The monoisotopic (exact) mass is 461 g/mol. The molecular weight excluding hydrogens is 448 g/mol. The van der Waals surface area contributed by atoms with Gasteiger partial charge in [-0.3, -0.25) is 9.36 Å². The number of hydrogen-bond donors (Lipinski definition) is 1. The zero-order valence-corrected chi connectivity index (χ0v) is 17.5. The van der Waals surface area contributed by atoms with Crippen LogP contribution >= 0.6 is 11.6 Å². The molecule has 4 rings (SSSR count). The predicted molar refractivity (Wildman–Crippen MR) is 114 cm³/mol. The number of halogens is 3. The molecule has 10 heteroatoms. The smallest absolute Gasteiger partial charge is 0.267 e. The second kappa shape index (κ2) is 7.75. The summed E-state index contributed by atoms with van der Waals surface area (Å²) in [4.78, 5) is 16.4. The molecule has 0 aliphatic heterocycles. The first-order valence-electron chi connectivity index (χ1n) is 8.87. The summed E-state index contributed by atoms with van der Waals surface area (Å²) in [6.45, 7) is 0. The molecule has 158 valence electrons. The normalized spacial score (nSPS) is 11.6. The summed E-state index contributed by atoms with van der Waals surface area (Å²) in [7, 11) is -3.88. The van der Waals surface area contributed by atoms with Crippen molar-refractivity contribution in [2.45, 2.75) is 0 Å². The molecule has 4 aromatic rings. The van der Waals surface area contributed by atoms with Crippen molar-refractivity contribution < 1.29 is 22.0 Å². The highest BCUT2D eigenvalue weighted by molar-refractivity contribution is 7.89. The molecule has 0 aliphatic rings. The SMILES string of the molecule is CS(=O)(=O)NC(=O)c1cc(Cl)c(-n2cc(-c3cccc(F)c3)c3cccnc32)cc1F. The summed E-state index contributed by atoms with van der Waals surface area (Å²) >= 11 is 6.33. The number of carbonyl (C=O) groups excluding carboxylic acids is 1. The second-order valence-electron chi connectivity index (χ2n) is 6.78. The van der Waals surface area contributed by atoms with Gasteiger partial charge in [0.2, 0.25) is 10.0 Å². The molecule has 2 heterocycles. The number of nitrogens with one attached hydrogen (secondary N) is 1. The Labute approximate surface area is 181 Å². The van der Waals surface area contributed by atoms with E-state index in [1.54, 1.807) is 41.4 Å². The van der Waals surface area contributed by atoms with Crippen LogP contribution in [0, 0.1) is 11.6 Å². The fraction of sp³-hybridized carbons (Fsp3) is 0.0476. The number of hydrogen-bond acceptors (Lipinski definition) is 4. The van der Waals surface area contributed by atoms with Crippen molar-refractivity contribution in [3.63, 3.8) is 0 Å². The number of carbonyl (C=O) groups is 1.